The van der Waals surface area contributed by atoms with Crippen LogP contribution in [0.4, 0.5) is 0 Å². The van der Waals surface area contributed by atoms with Crippen molar-refractivity contribution >= 4 is 27.7 Å². The minimum atomic E-state index is -0.282. The number of benzene rings is 2. The molecule has 2 saturated heterocycles. The molecule has 2 fully saturated rings. The highest BCUT2D eigenvalue weighted by Crippen LogP contribution is 2.37. The molecule has 176 valence electrons. The summed E-state index contributed by atoms with van der Waals surface area (Å²) in [5.41, 5.74) is 0.712. The first-order valence-corrected chi connectivity index (χ1v) is 12.4. The molecule has 0 spiro atoms. The molecule has 2 amide bonds. The van der Waals surface area contributed by atoms with Crippen LogP contribution in [0.3, 0.4) is 0 Å². The van der Waals surface area contributed by atoms with Crippen molar-refractivity contribution in [2.24, 2.45) is 5.41 Å². The Labute approximate surface area is 204 Å². The van der Waals surface area contributed by atoms with Gasteiger partial charge in [0.25, 0.3) is 0 Å². The molecule has 0 radical (unpaired) electrons. The standard InChI is InChI=1S/C26H31BrN2O4/c27-23-9-5-4-6-21(23)18-24(30)28-12-10-26(11-13-28,20-33-22-7-2-1-3-8-22)19-25(31)29-14-16-32-17-15-29/h1-9H,10-20H2. The van der Waals surface area contributed by atoms with Gasteiger partial charge in [0.1, 0.15) is 5.75 Å². The predicted octanol–water partition coefficient (Wildman–Crippen LogP) is 3.93. The van der Waals surface area contributed by atoms with Crippen molar-refractivity contribution in [3.63, 3.8) is 0 Å². The third kappa shape index (κ3) is 6.36. The summed E-state index contributed by atoms with van der Waals surface area (Å²) < 4.78 is 12.5. The molecule has 6 nitrogen and oxygen atoms in total. The van der Waals surface area contributed by atoms with Crippen LogP contribution in [0, 0.1) is 5.41 Å². The van der Waals surface area contributed by atoms with Gasteiger partial charge in [-0.2, -0.15) is 0 Å². The van der Waals surface area contributed by atoms with E-state index in [0.717, 1.165) is 28.6 Å². The quantitative estimate of drug-likeness (QED) is 0.561. The number of nitrogens with zero attached hydrogens (tertiary/aromatic N) is 2. The molecule has 0 aliphatic carbocycles. The van der Waals surface area contributed by atoms with Gasteiger partial charge in [0.15, 0.2) is 0 Å². The normalized spacial score (nSPS) is 18.1. The van der Waals surface area contributed by atoms with E-state index in [9.17, 15) is 9.59 Å². The van der Waals surface area contributed by atoms with Gasteiger partial charge in [0, 0.05) is 42.5 Å². The number of amides is 2. The monoisotopic (exact) mass is 514 g/mol. The summed E-state index contributed by atoms with van der Waals surface area (Å²) in [5.74, 6) is 1.09. The van der Waals surface area contributed by atoms with Gasteiger partial charge in [0.05, 0.1) is 26.2 Å². The molecule has 0 aromatic heterocycles. The summed E-state index contributed by atoms with van der Waals surface area (Å²) in [6, 6.07) is 17.6. The number of carbonyl (C=O) groups is 2. The fourth-order valence-electron chi connectivity index (χ4n) is 4.52. The minimum absolute atomic E-state index is 0.124. The van der Waals surface area contributed by atoms with E-state index in [4.69, 9.17) is 9.47 Å². The Hall–Kier alpha value is -2.38. The molecule has 0 unspecified atom stereocenters. The Bertz CT molecular complexity index is 938. The van der Waals surface area contributed by atoms with Gasteiger partial charge >= 0.3 is 0 Å². The van der Waals surface area contributed by atoms with Gasteiger partial charge in [-0.1, -0.05) is 52.3 Å². The first-order chi connectivity index (χ1) is 16.0. The van der Waals surface area contributed by atoms with E-state index in [0.29, 0.717) is 58.8 Å². The Balaban J connectivity index is 1.41. The zero-order valence-electron chi connectivity index (χ0n) is 18.9. The summed E-state index contributed by atoms with van der Waals surface area (Å²) in [7, 11) is 0. The van der Waals surface area contributed by atoms with Crippen LogP contribution in [-0.2, 0) is 20.7 Å². The number of rotatable bonds is 7. The van der Waals surface area contributed by atoms with E-state index in [1.807, 2.05) is 64.4 Å². The lowest BCUT2D eigenvalue weighted by Gasteiger charge is -2.42. The van der Waals surface area contributed by atoms with Crippen molar-refractivity contribution in [1.29, 1.82) is 0 Å². The van der Waals surface area contributed by atoms with E-state index in [2.05, 4.69) is 15.9 Å². The van der Waals surface area contributed by atoms with Crippen LogP contribution in [0.5, 0.6) is 5.75 Å². The minimum Gasteiger partial charge on any atom is -0.493 e. The molecule has 0 bridgehead atoms. The number of hydrogen-bond acceptors (Lipinski definition) is 4. The van der Waals surface area contributed by atoms with Crippen LogP contribution in [0.1, 0.15) is 24.8 Å². The Kier molecular flexibility index (Phi) is 8.04. The maximum Gasteiger partial charge on any atom is 0.227 e. The second kappa shape index (κ2) is 11.2. The van der Waals surface area contributed by atoms with E-state index < -0.39 is 0 Å². The highest BCUT2D eigenvalue weighted by molar-refractivity contribution is 9.10. The zero-order chi connectivity index (χ0) is 23.1. The molecular weight excluding hydrogens is 484 g/mol. The van der Waals surface area contributed by atoms with Crippen molar-refractivity contribution in [2.45, 2.75) is 25.7 Å². The number of para-hydroxylation sites is 1. The van der Waals surface area contributed by atoms with Gasteiger partial charge in [0.2, 0.25) is 11.8 Å². The zero-order valence-corrected chi connectivity index (χ0v) is 20.5. The lowest BCUT2D eigenvalue weighted by atomic mass is 9.75. The third-order valence-electron chi connectivity index (χ3n) is 6.65. The van der Waals surface area contributed by atoms with Crippen molar-refractivity contribution in [2.75, 3.05) is 46.0 Å². The molecule has 2 aliphatic heterocycles. The summed E-state index contributed by atoms with van der Waals surface area (Å²) in [6.45, 7) is 4.22. The molecule has 0 atom stereocenters. The third-order valence-corrected chi connectivity index (χ3v) is 7.43. The fourth-order valence-corrected chi connectivity index (χ4v) is 4.94. The number of likely N-dealkylation sites (tertiary alicyclic amines) is 1. The van der Waals surface area contributed by atoms with E-state index in [1.165, 1.54) is 0 Å². The smallest absolute Gasteiger partial charge is 0.227 e. The van der Waals surface area contributed by atoms with Crippen molar-refractivity contribution in [3.8, 4) is 5.75 Å². The first kappa shape index (κ1) is 23.8. The summed E-state index contributed by atoms with van der Waals surface area (Å²) >= 11 is 3.54. The molecule has 7 heteroatoms. The highest BCUT2D eigenvalue weighted by Gasteiger charge is 2.40. The van der Waals surface area contributed by atoms with Gasteiger partial charge in [-0.15, -0.1) is 0 Å². The predicted molar refractivity (Wildman–Crippen MR) is 130 cm³/mol. The maximum absolute atomic E-state index is 13.1. The number of morpholine rings is 1. The van der Waals surface area contributed by atoms with Crippen molar-refractivity contribution < 1.29 is 19.1 Å². The number of hydrogen-bond donors (Lipinski definition) is 0. The van der Waals surface area contributed by atoms with Crippen LogP contribution < -0.4 is 4.74 Å². The van der Waals surface area contributed by atoms with E-state index in [1.54, 1.807) is 0 Å². The highest BCUT2D eigenvalue weighted by atomic mass is 79.9. The topological polar surface area (TPSA) is 59.1 Å². The molecular formula is C26H31BrN2O4. The number of halogens is 1. The second-order valence-electron chi connectivity index (χ2n) is 8.92. The van der Waals surface area contributed by atoms with Crippen LogP contribution in [0.25, 0.3) is 0 Å². The van der Waals surface area contributed by atoms with E-state index >= 15 is 0 Å². The second-order valence-corrected chi connectivity index (χ2v) is 9.77. The van der Waals surface area contributed by atoms with Crippen LogP contribution >= 0.6 is 15.9 Å². The average molecular weight is 515 g/mol. The summed E-state index contributed by atoms with van der Waals surface area (Å²) in [5, 5.41) is 0. The number of carbonyl (C=O) groups excluding carboxylic acids is 2. The summed E-state index contributed by atoms with van der Waals surface area (Å²) in [6.07, 6.45) is 2.31. The molecule has 33 heavy (non-hydrogen) atoms. The molecule has 2 heterocycles. The Morgan fingerprint density at radius 2 is 1.52 bits per heavy atom. The molecule has 2 aromatic rings. The number of piperidine rings is 1. The number of ether oxygens (including phenoxy) is 2. The largest absolute Gasteiger partial charge is 0.493 e. The molecule has 2 aliphatic rings. The summed E-state index contributed by atoms with van der Waals surface area (Å²) in [4.78, 5) is 29.9. The first-order valence-electron chi connectivity index (χ1n) is 11.6. The van der Waals surface area contributed by atoms with Crippen LogP contribution in [-0.4, -0.2) is 67.6 Å². The van der Waals surface area contributed by atoms with Gasteiger partial charge in [-0.05, 0) is 36.6 Å². The van der Waals surface area contributed by atoms with Gasteiger partial charge < -0.3 is 19.3 Å². The van der Waals surface area contributed by atoms with Gasteiger partial charge in [-0.3, -0.25) is 9.59 Å². The molecule has 0 saturated carbocycles. The Morgan fingerprint density at radius 3 is 2.21 bits per heavy atom. The van der Waals surface area contributed by atoms with Crippen LogP contribution in [0.2, 0.25) is 0 Å². The molecule has 4 rings (SSSR count). The maximum atomic E-state index is 13.1. The van der Waals surface area contributed by atoms with Gasteiger partial charge in [-0.25, -0.2) is 0 Å². The fraction of sp³-hybridized carbons (Fsp3) is 0.462. The lowest BCUT2D eigenvalue weighted by Crippen LogP contribution is -2.49. The molecule has 2 aromatic carbocycles. The lowest BCUT2D eigenvalue weighted by molar-refractivity contribution is -0.140. The molecule has 0 N–H and O–H groups in total. The van der Waals surface area contributed by atoms with Crippen molar-refractivity contribution in [1.82, 2.24) is 9.80 Å². The van der Waals surface area contributed by atoms with Crippen molar-refractivity contribution in [3.05, 3.63) is 64.6 Å². The van der Waals surface area contributed by atoms with E-state index in [-0.39, 0.29) is 17.2 Å². The Morgan fingerprint density at radius 1 is 0.879 bits per heavy atom. The SMILES string of the molecule is O=C(Cc1ccccc1Br)N1CCC(COc2ccccc2)(CC(=O)N2CCOCC2)CC1. The van der Waals surface area contributed by atoms with Crippen LogP contribution in [0.15, 0.2) is 59.1 Å². The average Bonchev–Trinajstić information content (AvgIpc) is 2.86.